The summed E-state index contributed by atoms with van der Waals surface area (Å²) in [5.41, 5.74) is 1.14. The van der Waals surface area contributed by atoms with Crippen molar-refractivity contribution in [3.8, 4) is 5.75 Å². The van der Waals surface area contributed by atoms with Crippen molar-refractivity contribution in [1.82, 2.24) is 10.2 Å². The molecule has 1 saturated heterocycles. The molecule has 0 bridgehead atoms. The quantitative estimate of drug-likeness (QED) is 0.812. The van der Waals surface area contributed by atoms with Crippen LogP contribution in [0.15, 0.2) is 24.3 Å². The molecule has 1 aliphatic heterocycles. The summed E-state index contributed by atoms with van der Waals surface area (Å²) >= 11 is 0. The number of carbonyl (C=O) groups excluding carboxylic acids is 1. The molecule has 1 aliphatic rings. The van der Waals surface area contributed by atoms with E-state index in [-0.39, 0.29) is 5.91 Å². The highest BCUT2D eigenvalue weighted by Crippen LogP contribution is 2.13. The zero-order chi connectivity index (χ0) is 11.4. The van der Waals surface area contributed by atoms with Crippen molar-refractivity contribution in [2.45, 2.75) is 6.54 Å². The van der Waals surface area contributed by atoms with Crippen molar-refractivity contribution < 1.29 is 9.53 Å². The lowest BCUT2D eigenvalue weighted by Gasteiger charge is -2.27. The molecular weight excluding hydrogens is 204 g/mol. The molecule has 0 saturated carbocycles. The molecule has 4 nitrogen and oxygen atoms in total. The molecule has 1 N–H and O–H groups in total. The molecule has 16 heavy (non-hydrogen) atoms. The third-order valence-corrected chi connectivity index (χ3v) is 2.72. The maximum atomic E-state index is 11.6. The number of benzene rings is 1. The van der Waals surface area contributed by atoms with Crippen molar-refractivity contribution in [3.05, 3.63) is 29.8 Å². The Morgan fingerprint density at radius 3 is 2.75 bits per heavy atom. The summed E-state index contributed by atoms with van der Waals surface area (Å²) in [5.74, 6) is 1.01. The zero-order valence-corrected chi connectivity index (χ0v) is 9.40. The van der Waals surface area contributed by atoms with Gasteiger partial charge in [-0.3, -0.25) is 4.79 Å². The largest absolute Gasteiger partial charge is 0.497 e. The fourth-order valence-corrected chi connectivity index (χ4v) is 1.76. The van der Waals surface area contributed by atoms with Crippen molar-refractivity contribution >= 4 is 5.91 Å². The molecule has 86 valence electrons. The van der Waals surface area contributed by atoms with E-state index in [4.69, 9.17) is 4.74 Å². The number of rotatable bonds is 3. The Morgan fingerprint density at radius 2 is 2.12 bits per heavy atom. The number of hydrogen-bond acceptors (Lipinski definition) is 3. The monoisotopic (exact) mass is 220 g/mol. The van der Waals surface area contributed by atoms with Crippen molar-refractivity contribution in [2.75, 3.05) is 26.7 Å². The lowest BCUT2D eigenvalue weighted by Crippen LogP contribution is -2.47. The van der Waals surface area contributed by atoms with Gasteiger partial charge >= 0.3 is 0 Å². The molecule has 1 aromatic rings. The molecule has 0 aliphatic carbocycles. The van der Waals surface area contributed by atoms with E-state index in [1.165, 1.54) is 0 Å². The highest BCUT2D eigenvalue weighted by molar-refractivity contribution is 5.78. The van der Waals surface area contributed by atoms with Crippen molar-refractivity contribution in [3.63, 3.8) is 0 Å². The summed E-state index contributed by atoms with van der Waals surface area (Å²) in [6, 6.07) is 7.83. The molecule has 4 heteroatoms. The molecule has 0 spiro atoms. The third kappa shape index (κ3) is 2.52. The summed E-state index contributed by atoms with van der Waals surface area (Å²) in [4.78, 5) is 13.4. The Balaban J connectivity index is 1.99. The van der Waals surface area contributed by atoms with E-state index in [1.54, 1.807) is 7.11 Å². The minimum absolute atomic E-state index is 0.169. The summed E-state index contributed by atoms with van der Waals surface area (Å²) in [5, 5.41) is 3.06. The molecule has 1 heterocycles. The van der Waals surface area contributed by atoms with Crippen LogP contribution >= 0.6 is 0 Å². The van der Waals surface area contributed by atoms with Crippen LogP contribution in [0.4, 0.5) is 0 Å². The Labute approximate surface area is 95.2 Å². The number of amides is 1. The Morgan fingerprint density at radius 1 is 1.38 bits per heavy atom. The van der Waals surface area contributed by atoms with Gasteiger partial charge in [-0.2, -0.15) is 0 Å². The first-order valence-corrected chi connectivity index (χ1v) is 5.41. The van der Waals surface area contributed by atoms with Crippen LogP contribution in [0.1, 0.15) is 5.56 Å². The maximum Gasteiger partial charge on any atom is 0.236 e. The first-order chi connectivity index (χ1) is 7.79. The summed E-state index contributed by atoms with van der Waals surface area (Å²) in [7, 11) is 1.65. The Hall–Kier alpha value is -1.55. The van der Waals surface area contributed by atoms with Gasteiger partial charge in [0.2, 0.25) is 5.91 Å². The molecule has 0 radical (unpaired) electrons. The molecular formula is C12H16N2O2. The predicted molar refractivity (Wildman–Crippen MR) is 61.3 cm³/mol. The Bertz CT molecular complexity index is 362. The van der Waals surface area contributed by atoms with Crippen LogP contribution in [-0.4, -0.2) is 37.6 Å². The normalized spacial score (nSPS) is 16.3. The molecule has 0 atom stereocenters. The number of ether oxygens (including phenoxy) is 1. The molecule has 1 amide bonds. The van der Waals surface area contributed by atoms with Gasteiger partial charge in [-0.05, 0) is 17.7 Å². The zero-order valence-electron chi connectivity index (χ0n) is 9.40. The predicted octanol–water partition coefficient (Wildman–Crippen LogP) is 0.627. The number of hydrogen-bond donors (Lipinski definition) is 1. The molecule has 1 fully saturated rings. The van der Waals surface area contributed by atoms with E-state index in [1.807, 2.05) is 29.2 Å². The number of piperazine rings is 1. The van der Waals surface area contributed by atoms with Gasteiger partial charge in [0.25, 0.3) is 0 Å². The van der Waals surface area contributed by atoms with Gasteiger partial charge in [-0.25, -0.2) is 0 Å². The second-order valence-corrected chi connectivity index (χ2v) is 3.84. The van der Waals surface area contributed by atoms with Gasteiger partial charge in [0.15, 0.2) is 0 Å². The van der Waals surface area contributed by atoms with Crippen LogP contribution in [-0.2, 0) is 11.3 Å². The number of nitrogens with zero attached hydrogens (tertiary/aromatic N) is 1. The first-order valence-electron chi connectivity index (χ1n) is 5.41. The minimum atomic E-state index is 0.169. The van der Waals surface area contributed by atoms with Crippen LogP contribution < -0.4 is 10.1 Å². The molecule has 1 aromatic carbocycles. The smallest absolute Gasteiger partial charge is 0.236 e. The van der Waals surface area contributed by atoms with E-state index < -0.39 is 0 Å². The fraction of sp³-hybridized carbons (Fsp3) is 0.417. The number of nitrogens with one attached hydrogen (secondary N) is 1. The van der Waals surface area contributed by atoms with E-state index >= 15 is 0 Å². The summed E-state index contributed by atoms with van der Waals surface area (Å²) in [6.45, 7) is 2.80. The molecule has 0 aromatic heterocycles. The molecule has 0 unspecified atom stereocenters. The van der Waals surface area contributed by atoms with Gasteiger partial charge in [-0.1, -0.05) is 12.1 Å². The van der Waals surface area contributed by atoms with Gasteiger partial charge in [0.1, 0.15) is 5.75 Å². The number of methoxy groups -OCH3 is 1. The van der Waals surface area contributed by atoms with Crippen LogP contribution in [0.2, 0.25) is 0 Å². The van der Waals surface area contributed by atoms with Gasteiger partial charge in [0.05, 0.1) is 13.7 Å². The third-order valence-electron chi connectivity index (χ3n) is 2.72. The van der Waals surface area contributed by atoms with Crippen LogP contribution in [0.25, 0.3) is 0 Å². The van der Waals surface area contributed by atoms with Gasteiger partial charge in [-0.15, -0.1) is 0 Å². The minimum Gasteiger partial charge on any atom is -0.497 e. The lowest BCUT2D eigenvalue weighted by molar-refractivity contribution is -0.132. The van der Waals surface area contributed by atoms with Crippen molar-refractivity contribution in [2.24, 2.45) is 0 Å². The SMILES string of the molecule is COc1ccc(CN2CCNCC2=O)cc1. The van der Waals surface area contributed by atoms with Crippen LogP contribution in [0.3, 0.4) is 0 Å². The van der Waals surface area contributed by atoms with E-state index in [9.17, 15) is 4.79 Å². The molecule has 2 rings (SSSR count). The lowest BCUT2D eigenvalue weighted by atomic mass is 10.2. The maximum absolute atomic E-state index is 11.6. The van der Waals surface area contributed by atoms with E-state index in [0.29, 0.717) is 13.1 Å². The summed E-state index contributed by atoms with van der Waals surface area (Å²) < 4.78 is 5.09. The van der Waals surface area contributed by atoms with Crippen molar-refractivity contribution in [1.29, 1.82) is 0 Å². The number of carbonyl (C=O) groups is 1. The standard InChI is InChI=1S/C12H16N2O2/c1-16-11-4-2-10(3-5-11)9-14-7-6-13-8-12(14)15/h2-5,13H,6-9H2,1H3. The van der Waals surface area contributed by atoms with Crippen LogP contribution in [0, 0.1) is 0 Å². The van der Waals surface area contributed by atoms with Crippen LogP contribution in [0.5, 0.6) is 5.75 Å². The second-order valence-electron chi connectivity index (χ2n) is 3.84. The van der Waals surface area contributed by atoms with E-state index in [0.717, 1.165) is 24.4 Å². The second kappa shape index (κ2) is 4.99. The first kappa shape index (κ1) is 11.0. The van der Waals surface area contributed by atoms with E-state index in [2.05, 4.69) is 5.32 Å². The fourth-order valence-electron chi connectivity index (χ4n) is 1.76. The average molecular weight is 220 g/mol. The van der Waals surface area contributed by atoms with Gasteiger partial charge < -0.3 is 15.0 Å². The summed E-state index contributed by atoms with van der Waals surface area (Å²) in [6.07, 6.45) is 0. The highest BCUT2D eigenvalue weighted by atomic mass is 16.5. The Kier molecular flexibility index (Phi) is 3.41. The van der Waals surface area contributed by atoms with Gasteiger partial charge in [0, 0.05) is 19.6 Å². The topological polar surface area (TPSA) is 41.6 Å². The highest BCUT2D eigenvalue weighted by Gasteiger charge is 2.17. The average Bonchev–Trinajstić information content (AvgIpc) is 2.33.